The molecule has 20 N–H and O–H groups in total. The number of carboxylic acids is 6. The lowest BCUT2D eigenvalue weighted by molar-refractivity contribution is -0.144. The van der Waals surface area contributed by atoms with Gasteiger partial charge in [-0.15, -0.1) is 0 Å². The van der Waals surface area contributed by atoms with Gasteiger partial charge in [-0.1, -0.05) is 76.6 Å². The van der Waals surface area contributed by atoms with E-state index in [1.807, 2.05) is 5.32 Å². The Morgan fingerprint density at radius 2 is 0.914 bits per heavy atom. The number of nitrogens with one attached hydrogen (secondary N) is 11. The van der Waals surface area contributed by atoms with Crippen LogP contribution in [0.3, 0.4) is 0 Å². The van der Waals surface area contributed by atoms with Crippen LogP contribution in [0, 0.1) is 11.8 Å². The van der Waals surface area contributed by atoms with Crippen molar-refractivity contribution in [1.29, 1.82) is 0 Å². The third-order valence-electron chi connectivity index (χ3n) is 16.4. The number of hydrogen-bond donors (Lipinski definition) is 19. The highest BCUT2D eigenvalue weighted by molar-refractivity contribution is 6.00. The van der Waals surface area contributed by atoms with Gasteiger partial charge in [0.15, 0.2) is 0 Å². The van der Waals surface area contributed by atoms with Gasteiger partial charge < -0.3 is 105 Å². The van der Waals surface area contributed by atoms with Crippen LogP contribution >= 0.6 is 0 Å². The Balaban J connectivity index is 1.96. The molecule has 0 aliphatic carbocycles. The average Bonchev–Trinajstić information content (AvgIpc) is 1.71. The normalized spacial score (nSPS) is 15.5. The summed E-state index contributed by atoms with van der Waals surface area (Å²) in [6, 6.07) is -5.99. The Morgan fingerprint density at radius 3 is 1.33 bits per heavy atom. The molecule has 576 valence electrons. The van der Waals surface area contributed by atoms with E-state index in [0.29, 0.717) is 11.1 Å². The standard InChI is InChI=1S/C66H91N13O26/c1-5-34(4)55(65(103)79-25-9-12-47(79)64(102)74-40(19-23-52(88)89)58(96)71-39(18-22-51(86)87)59(97)75-44(28-36-13-15-37(81)16-14-36)62(100)77-46(66(104)105)26-33(2)3)78-60(98)41(20-24-53(90)91)72-57(95)38(17-21-50(84)85)73-61(99)43(27-35-10-7-6-8-11-35)76-63(101)45(30-54(92)93)70-49(83)31-68-56(94)42(69-32-80)29-48(67)82/h6-8,10-11,13-16,32-34,38-47,55,81H,5,9,12,17-31H2,1-4H3,(H2,67,82)(H,68,94)(H,69,80)(H,70,83)(H,71,96)(H,72,95)(H,73,99)(H,74,102)(H,75,97)(H,76,101)(H,77,100)(H,78,98)(H,84,85)(H,86,87)(H,88,89)(H,90,91)(H,92,93)(H,104,105). The van der Waals surface area contributed by atoms with Gasteiger partial charge in [0.25, 0.3) is 0 Å². The number of amides is 13. The Bertz CT molecular complexity index is 3470. The summed E-state index contributed by atoms with van der Waals surface area (Å²) >= 11 is 0. The number of carbonyl (C=O) groups is 19. The van der Waals surface area contributed by atoms with Crippen molar-refractivity contribution in [1.82, 2.24) is 63.4 Å². The van der Waals surface area contributed by atoms with Gasteiger partial charge in [0.05, 0.1) is 19.4 Å². The van der Waals surface area contributed by atoms with Gasteiger partial charge in [0, 0.05) is 45.1 Å². The molecule has 1 heterocycles. The summed E-state index contributed by atoms with van der Waals surface area (Å²) < 4.78 is 0. The SMILES string of the molecule is CCC(C)C(NC(=O)C(CCC(=O)O)NC(=O)C(CCC(=O)O)NC(=O)C(Cc1ccccc1)NC(=O)C(CC(=O)O)NC(=O)CNC(=O)C(CC(N)=O)NC=O)C(=O)N1CCCC1C(=O)NC(CCC(=O)O)C(=O)NC(CCC(=O)O)C(=O)NC(Cc1ccc(O)cc1)C(=O)NC(CC(C)C)C(=O)O. The highest BCUT2D eigenvalue weighted by atomic mass is 16.4. The maximum atomic E-state index is 14.8. The van der Waals surface area contributed by atoms with E-state index < -0.39 is 256 Å². The van der Waals surface area contributed by atoms with Crippen molar-refractivity contribution >= 4 is 113 Å². The number of carbonyl (C=O) groups excluding carboxylic acids is 13. The molecule has 0 aromatic heterocycles. The lowest BCUT2D eigenvalue weighted by Crippen LogP contribution is -2.61. The number of phenolic OH excluding ortho intramolecular Hbond substituents is 1. The smallest absolute Gasteiger partial charge is 0.326 e. The van der Waals surface area contributed by atoms with E-state index in [4.69, 9.17) is 5.73 Å². The number of aromatic hydroxyl groups is 1. The van der Waals surface area contributed by atoms with E-state index >= 15 is 0 Å². The Morgan fingerprint density at radius 1 is 0.495 bits per heavy atom. The van der Waals surface area contributed by atoms with E-state index in [9.17, 15) is 127 Å². The molecule has 39 heteroatoms. The molecule has 0 spiro atoms. The van der Waals surface area contributed by atoms with Gasteiger partial charge in [0.1, 0.15) is 72.2 Å². The molecular weight excluding hydrogens is 1390 g/mol. The van der Waals surface area contributed by atoms with Crippen LogP contribution < -0.4 is 64.2 Å². The van der Waals surface area contributed by atoms with Crippen LogP contribution in [0.2, 0.25) is 0 Å². The summed E-state index contributed by atoms with van der Waals surface area (Å²) in [5, 5.41) is 93.5. The minimum Gasteiger partial charge on any atom is -0.508 e. The van der Waals surface area contributed by atoms with Gasteiger partial charge in [-0.3, -0.25) is 86.3 Å². The van der Waals surface area contributed by atoms with Crippen molar-refractivity contribution in [2.24, 2.45) is 17.6 Å². The molecule has 1 aliphatic rings. The summed E-state index contributed by atoms with van der Waals surface area (Å²) in [6.45, 7) is 5.36. The molecule has 2 aromatic rings. The monoisotopic (exact) mass is 1480 g/mol. The third-order valence-corrected chi connectivity index (χ3v) is 16.4. The molecule has 12 unspecified atom stereocenters. The molecule has 39 nitrogen and oxygen atoms in total. The largest absolute Gasteiger partial charge is 0.508 e. The van der Waals surface area contributed by atoms with Crippen LogP contribution in [-0.4, -0.2) is 233 Å². The highest BCUT2D eigenvalue weighted by Crippen LogP contribution is 2.23. The zero-order valence-electron chi connectivity index (χ0n) is 57.9. The number of carboxylic acid groups (broad SMARTS) is 6. The van der Waals surface area contributed by atoms with Gasteiger partial charge >= 0.3 is 35.8 Å². The number of primary amides is 1. The van der Waals surface area contributed by atoms with Crippen LogP contribution in [0.15, 0.2) is 54.6 Å². The fourth-order valence-corrected chi connectivity index (χ4v) is 10.7. The fourth-order valence-electron chi connectivity index (χ4n) is 10.7. The number of benzene rings is 2. The minimum absolute atomic E-state index is 0.0384. The summed E-state index contributed by atoms with van der Waals surface area (Å²) in [5.74, 6) is -24.0. The Hall–Kier alpha value is -11.8. The minimum atomic E-state index is -2.00. The van der Waals surface area contributed by atoms with Crippen molar-refractivity contribution in [2.75, 3.05) is 13.1 Å². The van der Waals surface area contributed by atoms with Crippen LogP contribution in [0.4, 0.5) is 0 Å². The van der Waals surface area contributed by atoms with E-state index in [-0.39, 0.29) is 56.7 Å². The molecule has 13 amide bonds. The van der Waals surface area contributed by atoms with Crippen molar-refractivity contribution in [3.63, 3.8) is 0 Å². The second-order valence-electron chi connectivity index (χ2n) is 25.2. The number of aliphatic carboxylic acids is 6. The van der Waals surface area contributed by atoms with Crippen LogP contribution in [0.1, 0.15) is 129 Å². The molecule has 3 rings (SSSR count). The highest BCUT2D eigenvalue weighted by Gasteiger charge is 2.43. The van der Waals surface area contributed by atoms with E-state index in [2.05, 4.69) is 53.2 Å². The lowest BCUT2D eigenvalue weighted by atomic mass is 9.96. The van der Waals surface area contributed by atoms with Crippen LogP contribution in [-0.2, 0) is 104 Å². The molecule has 12 atom stereocenters. The Labute approximate surface area is 600 Å². The number of likely N-dealkylation sites (tertiary alicyclic amines) is 1. The summed E-state index contributed by atoms with van der Waals surface area (Å²) in [7, 11) is 0. The second kappa shape index (κ2) is 43.9. The predicted octanol–water partition coefficient (Wildman–Crippen LogP) is -4.25. The molecule has 0 bridgehead atoms. The number of phenols is 1. The lowest BCUT2D eigenvalue weighted by Gasteiger charge is -2.33. The second-order valence-corrected chi connectivity index (χ2v) is 25.2. The molecule has 105 heavy (non-hydrogen) atoms. The first-order valence-electron chi connectivity index (χ1n) is 33.4. The van der Waals surface area contributed by atoms with E-state index in [1.165, 1.54) is 55.5 Å². The molecule has 0 radical (unpaired) electrons. The number of hydrogen-bond acceptors (Lipinski definition) is 20. The zero-order chi connectivity index (χ0) is 78.8. The fraction of sp³-hybridized carbons (Fsp3) is 0.530. The first-order chi connectivity index (χ1) is 49.4. The molecule has 1 aliphatic heterocycles. The molecular formula is C66H91N13O26. The van der Waals surface area contributed by atoms with E-state index in [0.717, 1.165) is 4.90 Å². The summed E-state index contributed by atoms with van der Waals surface area (Å²) in [5.41, 5.74) is 5.79. The van der Waals surface area contributed by atoms with Gasteiger partial charge in [-0.2, -0.15) is 0 Å². The van der Waals surface area contributed by atoms with E-state index in [1.54, 1.807) is 26.8 Å². The first kappa shape index (κ1) is 87.4. The van der Waals surface area contributed by atoms with Crippen molar-refractivity contribution in [2.45, 2.75) is 197 Å². The van der Waals surface area contributed by atoms with Crippen LogP contribution in [0.5, 0.6) is 5.75 Å². The maximum Gasteiger partial charge on any atom is 0.326 e. The topological polar surface area (TPSA) is 628 Å². The number of nitrogens with zero attached hydrogens (tertiary/aromatic N) is 1. The third kappa shape index (κ3) is 31.5. The van der Waals surface area contributed by atoms with Gasteiger partial charge in [-0.25, -0.2) is 4.79 Å². The number of nitrogens with two attached hydrogens (primary N) is 1. The molecule has 0 saturated carbocycles. The van der Waals surface area contributed by atoms with Crippen molar-refractivity contribution in [3.05, 3.63) is 65.7 Å². The predicted molar refractivity (Wildman–Crippen MR) is 360 cm³/mol. The maximum absolute atomic E-state index is 14.8. The van der Waals surface area contributed by atoms with Crippen molar-refractivity contribution in [3.8, 4) is 5.75 Å². The quantitative estimate of drug-likeness (QED) is 0.0279. The van der Waals surface area contributed by atoms with Crippen molar-refractivity contribution < 1.29 is 127 Å². The van der Waals surface area contributed by atoms with Gasteiger partial charge in [0.2, 0.25) is 77.3 Å². The number of rotatable bonds is 48. The zero-order valence-corrected chi connectivity index (χ0v) is 57.9. The average molecular weight is 1480 g/mol. The van der Waals surface area contributed by atoms with Gasteiger partial charge in [-0.05, 0) is 80.0 Å². The molecule has 2 aromatic carbocycles. The Kier molecular flexibility index (Phi) is 36.5. The summed E-state index contributed by atoms with van der Waals surface area (Å²) in [4.78, 5) is 250. The summed E-state index contributed by atoms with van der Waals surface area (Å²) in [6.07, 6.45) is -8.50. The first-order valence-corrected chi connectivity index (χ1v) is 33.4. The van der Waals surface area contributed by atoms with Crippen LogP contribution in [0.25, 0.3) is 0 Å². The molecule has 1 saturated heterocycles. The molecule has 1 fully saturated rings.